The van der Waals surface area contributed by atoms with E-state index in [1.165, 1.54) is 0 Å². The first kappa shape index (κ1) is 30.2. The minimum atomic E-state index is -1.63. The molecule has 0 heterocycles. The second kappa shape index (κ2) is 14.4. The molecule has 4 unspecified atom stereocenters. The Kier molecular flexibility index (Phi) is 12.8. The molecule has 4 atom stereocenters. The standard InChI is InChI=1S/C19H31N5O10/c1-8(2)5-12(19(33)34)24-18(32)11(7-13(21)25)23-17(31)10(3-4-14(26)27)22-16(30)9(20)6-15(28)29/h8-12H,3-7,20H2,1-2H3,(H2,21,25)(H,22,30)(H,23,31)(H,24,32)(H,26,27)(H,28,29)(H,33,34). The predicted molar refractivity (Wildman–Crippen MR) is 114 cm³/mol. The van der Waals surface area contributed by atoms with Crippen molar-refractivity contribution in [3.8, 4) is 0 Å². The van der Waals surface area contributed by atoms with E-state index in [0.717, 1.165) is 0 Å². The van der Waals surface area contributed by atoms with Crippen molar-refractivity contribution in [2.75, 3.05) is 0 Å². The molecular formula is C19H31N5O10. The molecular weight excluding hydrogens is 458 g/mol. The van der Waals surface area contributed by atoms with E-state index < -0.39 is 91.4 Å². The average Bonchev–Trinajstić information content (AvgIpc) is 2.68. The van der Waals surface area contributed by atoms with E-state index in [1.54, 1.807) is 13.8 Å². The lowest BCUT2D eigenvalue weighted by atomic mass is 10.0. The van der Waals surface area contributed by atoms with Crippen molar-refractivity contribution in [3.63, 3.8) is 0 Å². The highest BCUT2D eigenvalue weighted by Gasteiger charge is 2.32. The first-order valence-corrected chi connectivity index (χ1v) is 10.2. The van der Waals surface area contributed by atoms with Crippen LogP contribution in [-0.2, 0) is 33.6 Å². The molecule has 0 aliphatic rings. The lowest BCUT2D eigenvalue weighted by Crippen LogP contribution is -2.58. The fourth-order valence-electron chi connectivity index (χ4n) is 2.74. The van der Waals surface area contributed by atoms with Crippen LogP contribution in [0.1, 0.15) is 46.0 Å². The number of carboxylic acid groups (broad SMARTS) is 3. The van der Waals surface area contributed by atoms with Gasteiger partial charge < -0.3 is 42.7 Å². The number of nitrogens with one attached hydrogen (secondary N) is 3. The van der Waals surface area contributed by atoms with Gasteiger partial charge in [0.15, 0.2) is 0 Å². The molecule has 0 aliphatic carbocycles. The van der Waals surface area contributed by atoms with E-state index in [0.29, 0.717) is 0 Å². The van der Waals surface area contributed by atoms with Crippen LogP contribution in [-0.4, -0.2) is 81.0 Å². The molecule has 15 nitrogen and oxygen atoms in total. The van der Waals surface area contributed by atoms with E-state index in [2.05, 4.69) is 16.0 Å². The van der Waals surface area contributed by atoms with Crippen molar-refractivity contribution in [1.82, 2.24) is 16.0 Å². The zero-order valence-corrected chi connectivity index (χ0v) is 18.8. The van der Waals surface area contributed by atoms with Gasteiger partial charge in [0, 0.05) is 6.42 Å². The molecule has 10 N–H and O–H groups in total. The van der Waals surface area contributed by atoms with Crippen molar-refractivity contribution in [1.29, 1.82) is 0 Å². The highest BCUT2D eigenvalue weighted by Crippen LogP contribution is 2.07. The van der Waals surface area contributed by atoms with Crippen molar-refractivity contribution >= 4 is 41.5 Å². The van der Waals surface area contributed by atoms with Crippen molar-refractivity contribution in [3.05, 3.63) is 0 Å². The Balaban J connectivity index is 5.60. The van der Waals surface area contributed by atoms with Crippen molar-refractivity contribution in [2.45, 2.75) is 70.1 Å². The quantitative estimate of drug-likeness (QED) is 0.109. The Morgan fingerprint density at radius 2 is 1.24 bits per heavy atom. The Hall–Kier alpha value is -3.75. The molecule has 0 radical (unpaired) electrons. The molecule has 0 saturated carbocycles. The van der Waals surface area contributed by atoms with Crippen LogP contribution in [0.3, 0.4) is 0 Å². The van der Waals surface area contributed by atoms with Gasteiger partial charge in [0.2, 0.25) is 23.6 Å². The second-order valence-corrected chi connectivity index (χ2v) is 7.96. The van der Waals surface area contributed by atoms with Crippen LogP contribution < -0.4 is 27.4 Å². The molecule has 4 amide bonds. The lowest BCUT2D eigenvalue weighted by molar-refractivity contribution is -0.143. The highest BCUT2D eigenvalue weighted by molar-refractivity contribution is 5.96. The number of carbonyl (C=O) groups is 7. The number of hydrogen-bond donors (Lipinski definition) is 8. The number of carboxylic acids is 3. The summed E-state index contributed by atoms with van der Waals surface area (Å²) in [6, 6.07) is -6.06. The van der Waals surface area contributed by atoms with E-state index in [1.807, 2.05) is 0 Å². The predicted octanol–water partition coefficient (Wildman–Crippen LogP) is -2.89. The summed E-state index contributed by atoms with van der Waals surface area (Å²) in [5.41, 5.74) is 10.6. The molecule has 0 aromatic heterocycles. The zero-order valence-electron chi connectivity index (χ0n) is 18.8. The first-order valence-electron chi connectivity index (χ1n) is 10.2. The third-order valence-corrected chi connectivity index (χ3v) is 4.37. The Morgan fingerprint density at radius 3 is 1.68 bits per heavy atom. The molecule has 0 spiro atoms. The summed E-state index contributed by atoms with van der Waals surface area (Å²) in [7, 11) is 0. The monoisotopic (exact) mass is 489 g/mol. The van der Waals surface area contributed by atoms with Crippen LogP contribution in [0, 0.1) is 5.92 Å². The lowest BCUT2D eigenvalue weighted by Gasteiger charge is -2.24. The smallest absolute Gasteiger partial charge is 0.326 e. The zero-order chi connectivity index (χ0) is 26.6. The maximum absolute atomic E-state index is 12.7. The van der Waals surface area contributed by atoms with Gasteiger partial charge in [-0.15, -0.1) is 0 Å². The summed E-state index contributed by atoms with van der Waals surface area (Å²) in [6.45, 7) is 3.44. The summed E-state index contributed by atoms with van der Waals surface area (Å²) in [4.78, 5) is 81.9. The van der Waals surface area contributed by atoms with Crippen molar-refractivity contribution < 1.29 is 48.9 Å². The summed E-state index contributed by atoms with van der Waals surface area (Å²) in [6.07, 6.45) is -2.48. The second-order valence-electron chi connectivity index (χ2n) is 7.96. The third-order valence-electron chi connectivity index (χ3n) is 4.37. The number of rotatable bonds is 16. The first-order chi connectivity index (χ1) is 15.6. The van der Waals surface area contributed by atoms with Gasteiger partial charge in [0.1, 0.15) is 18.1 Å². The van der Waals surface area contributed by atoms with Gasteiger partial charge in [-0.2, -0.15) is 0 Å². The molecule has 0 rings (SSSR count). The molecule has 34 heavy (non-hydrogen) atoms. The minimum Gasteiger partial charge on any atom is -0.481 e. The van der Waals surface area contributed by atoms with Gasteiger partial charge in [-0.25, -0.2) is 4.79 Å². The molecule has 0 aromatic rings. The summed E-state index contributed by atoms with van der Waals surface area (Å²) in [5, 5.41) is 33.4. The Bertz CT molecular complexity index is 800. The largest absolute Gasteiger partial charge is 0.481 e. The van der Waals surface area contributed by atoms with Gasteiger partial charge in [0.25, 0.3) is 0 Å². The molecule has 15 heteroatoms. The minimum absolute atomic E-state index is 0.0526. The van der Waals surface area contributed by atoms with Gasteiger partial charge in [-0.05, 0) is 18.8 Å². The number of aliphatic carboxylic acids is 3. The maximum Gasteiger partial charge on any atom is 0.326 e. The topological polar surface area (TPSA) is 268 Å². The molecule has 0 fully saturated rings. The fraction of sp³-hybridized carbons (Fsp3) is 0.632. The highest BCUT2D eigenvalue weighted by atomic mass is 16.4. The average molecular weight is 489 g/mol. The number of amides is 4. The maximum atomic E-state index is 12.7. The number of primary amides is 1. The molecule has 0 aromatic carbocycles. The Labute approximate surface area is 194 Å². The van der Waals surface area contributed by atoms with Gasteiger partial charge in [-0.3, -0.25) is 28.8 Å². The van der Waals surface area contributed by atoms with E-state index in [-0.39, 0.29) is 12.3 Å². The van der Waals surface area contributed by atoms with Crippen LogP contribution in [0.5, 0.6) is 0 Å². The van der Waals surface area contributed by atoms with Gasteiger partial charge >= 0.3 is 17.9 Å². The number of carbonyl (C=O) groups excluding carboxylic acids is 4. The van der Waals surface area contributed by atoms with Gasteiger partial charge in [-0.1, -0.05) is 13.8 Å². The van der Waals surface area contributed by atoms with Crippen LogP contribution in [0.15, 0.2) is 0 Å². The van der Waals surface area contributed by atoms with Crippen molar-refractivity contribution in [2.24, 2.45) is 17.4 Å². The molecule has 0 saturated heterocycles. The van der Waals surface area contributed by atoms with Crippen LogP contribution >= 0.6 is 0 Å². The number of hydrogen-bond acceptors (Lipinski definition) is 8. The van der Waals surface area contributed by atoms with E-state index in [9.17, 15) is 38.7 Å². The van der Waals surface area contributed by atoms with E-state index in [4.69, 9.17) is 21.7 Å². The molecule has 0 aliphatic heterocycles. The normalized spacial score (nSPS) is 14.2. The van der Waals surface area contributed by atoms with E-state index >= 15 is 0 Å². The summed E-state index contributed by atoms with van der Waals surface area (Å²) in [5.74, 6) is -8.35. The van der Waals surface area contributed by atoms with Crippen LogP contribution in [0.2, 0.25) is 0 Å². The van der Waals surface area contributed by atoms with Gasteiger partial charge in [0.05, 0.1) is 18.9 Å². The summed E-state index contributed by atoms with van der Waals surface area (Å²) < 4.78 is 0. The van der Waals surface area contributed by atoms with Crippen LogP contribution in [0.4, 0.5) is 0 Å². The molecule has 0 bridgehead atoms. The molecule has 192 valence electrons. The fourth-order valence-corrected chi connectivity index (χ4v) is 2.74. The number of nitrogens with two attached hydrogens (primary N) is 2. The SMILES string of the molecule is CC(C)CC(NC(=O)C(CC(N)=O)NC(=O)C(CCC(=O)O)NC(=O)C(N)CC(=O)O)C(=O)O. The van der Waals surface area contributed by atoms with Crippen LogP contribution in [0.25, 0.3) is 0 Å². The Morgan fingerprint density at radius 1 is 0.735 bits per heavy atom. The third kappa shape index (κ3) is 12.3. The summed E-state index contributed by atoms with van der Waals surface area (Å²) >= 11 is 0.